The number of nitrogens with one attached hydrogen (secondary N) is 1. The number of sulfonamides is 1. The number of nitrogens with zero attached hydrogens (tertiary/aromatic N) is 2. The zero-order valence-corrected chi connectivity index (χ0v) is 22.3. The SMILES string of the molecule is CC[C@H](C)NC(=O)[C@H](C)N(Cc1cccc(C)c1)C(=O)CN(c1ccc2c(c1)OCCO2)S(C)(=O)=O. The van der Waals surface area contributed by atoms with Gasteiger partial charge in [0.05, 0.1) is 11.9 Å². The molecular formula is C26H35N3O6S. The molecule has 0 bridgehead atoms. The third-order valence-electron chi connectivity index (χ3n) is 6.10. The van der Waals surface area contributed by atoms with E-state index in [9.17, 15) is 18.0 Å². The number of fused-ring (bicyclic) bond motifs is 1. The number of aryl methyl sites for hydroxylation is 1. The Morgan fingerprint density at radius 1 is 1.06 bits per heavy atom. The van der Waals surface area contributed by atoms with Crippen LogP contribution < -0.4 is 19.1 Å². The average Bonchev–Trinajstić information content (AvgIpc) is 2.84. The summed E-state index contributed by atoms with van der Waals surface area (Å²) < 4.78 is 37.6. The molecule has 2 amide bonds. The van der Waals surface area contributed by atoms with Gasteiger partial charge in [-0.15, -0.1) is 0 Å². The summed E-state index contributed by atoms with van der Waals surface area (Å²) in [6.07, 6.45) is 1.79. The van der Waals surface area contributed by atoms with E-state index in [4.69, 9.17) is 9.47 Å². The molecule has 0 radical (unpaired) electrons. The van der Waals surface area contributed by atoms with Crippen LogP contribution in [0.3, 0.4) is 0 Å². The maximum Gasteiger partial charge on any atom is 0.244 e. The van der Waals surface area contributed by atoms with Gasteiger partial charge in [-0.25, -0.2) is 8.42 Å². The van der Waals surface area contributed by atoms with Crippen LogP contribution >= 0.6 is 0 Å². The second kappa shape index (κ2) is 11.6. The van der Waals surface area contributed by atoms with Crippen molar-refractivity contribution in [2.45, 2.75) is 52.7 Å². The average molecular weight is 518 g/mol. The first-order valence-corrected chi connectivity index (χ1v) is 13.9. The van der Waals surface area contributed by atoms with Crippen molar-refractivity contribution in [1.29, 1.82) is 0 Å². The fraction of sp³-hybridized carbons (Fsp3) is 0.462. The van der Waals surface area contributed by atoms with Gasteiger partial charge in [-0.1, -0.05) is 36.8 Å². The van der Waals surface area contributed by atoms with Crippen LogP contribution in [0.25, 0.3) is 0 Å². The summed E-state index contributed by atoms with van der Waals surface area (Å²) in [5.74, 6) is 0.137. The number of carbonyl (C=O) groups excluding carboxylic acids is 2. The van der Waals surface area contributed by atoms with Crippen molar-refractivity contribution in [1.82, 2.24) is 10.2 Å². The lowest BCUT2D eigenvalue weighted by Crippen LogP contribution is -2.52. The van der Waals surface area contributed by atoms with Gasteiger partial charge in [0, 0.05) is 18.7 Å². The molecule has 3 rings (SSSR count). The zero-order valence-electron chi connectivity index (χ0n) is 21.5. The van der Waals surface area contributed by atoms with E-state index >= 15 is 0 Å². The van der Waals surface area contributed by atoms with Gasteiger partial charge >= 0.3 is 0 Å². The molecule has 10 heteroatoms. The normalized spacial score (nSPS) is 14.5. The number of hydrogen-bond donors (Lipinski definition) is 1. The van der Waals surface area contributed by atoms with E-state index in [2.05, 4.69) is 5.32 Å². The van der Waals surface area contributed by atoms with E-state index in [-0.39, 0.29) is 24.2 Å². The molecule has 0 aliphatic carbocycles. The smallest absolute Gasteiger partial charge is 0.244 e. The summed E-state index contributed by atoms with van der Waals surface area (Å²) in [5.41, 5.74) is 2.14. The largest absolute Gasteiger partial charge is 0.486 e. The van der Waals surface area contributed by atoms with Gasteiger partial charge < -0.3 is 19.7 Å². The minimum absolute atomic E-state index is 0.0545. The second-order valence-corrected chi connectivity index (χ2v) is 11.0. The van der Waals surface area contributed by atoms with Crippen LogP contribution in [0.1, 0.15) is 38.3 Å². The number of carbonyl (C=O) groups is 2. The maximum atomic E-state index is 13.6. The number of rotatable bonds is 10. The van der Waals surface area contributed by atoms with Crippen molar-refractivity contribution in [3.8, 4) is 11.5 Å². The van der Waals surface area contributed by atoms with Crippen molar-refractivity contribution in [2.24, 2.45) is 0 Å². The lowest BCUT2D eigenvalue weighted by Gasteiger charge is -2.32. The Bertz CT molecular complexity index is 1200. The van der Waals surface area contributed by atoms with Gasteiger partial charge in [0.25, 0.3) is 0 Å². The molecule has 0 fully saturated rings. The molecule has 1 aliphatic heterocycles. The number of hydrogen-bond acceptors (Lipinski definition) is 6. The molecule has 1 N–H and O–H groups in total. The van der Waals surface area contributed by atoms with Gasteiger partial charge in [-0.05, 0) is 44.9 Å². The molecule has 0 spiro atoms. The topological polar surface area (TPSA) is 105 Å². The Kier molecular flexibility index (Phi) is 8.84. The monoisotopic (exact) mass is 517 g/mol. The number of anilines is 1. The molecule has 2 aromatic rings. The van der Waals surface area contributed by atoms with Gasteiger partial charge in [0.1, 0.15) is 25.8 Å². The minimum atomic E-state index is -3.83. The Hall–Kier alpha value is -3.27. The van der Waals surface area contributed by atoms with Gasteiger partial charge in [0.15, 0.2) is 11.5 Å². The lowest BCUT2D eigenvalue weighted by atomic mass is 10.1. The molecule has 0 aromatic heterocycles. The molecule has 36 heavy (non-hydrogen) atoms. The first-order valence-electron chi connectivity index (χ1n) is 12.0. The molecular weight excluding hydrogens is 482 g/mol. The van der Waals surface area contributed by atoms with Crippen molar-refractivity contribution < 1.29 is 27.5 Å². The van der Waals surface area contributed by atoms with Gasteiger partial charge in [-0.2, -0.15) is 0 Å². The number of amides is 2. The molecule has 1 heterocycles. The van der Waals surface area contributed by atoms with Crippen LogP contribution in [0.15, 0.2) is 42.5 Å². The highest BCUT2D eigenvalue weighted by atomic mass is 32.2. The zero-order chi connectivity index (χ0) is 26.5. The highest BCUT2D eigenvalue weighted by Crippen LogP contribution is 2.34. The summed E-state index contributed by atoms with van der Waals surface area (Å²) >= 11 is 0. The minimum Gasteiger partial charge on any atom is -0.486 e. The van der Waals surface area contributed by atoms with E-state index in [1.165, 1.54) is 4.90 Å². The summed E-state index contributed by atoms with van der Waals surface area (Å²) in [6.45, 7) is 7.90. The molecule has 2 atom stereocenters. The van der Waals surface area contributed by atoms with Crippen LogP contribution in [0.4, 0.5) is 5.69 Å². The van der Waals surface area contributed by atoms with Crippen molar-refractivity contribution >= 4 is 27.5 Å². The van der Waals surface area contributed by atoms with E-state index in [0.29, 0.717) is 24.7 Å². The first-order chi connectivity index (χ1) is 17.0. The highest BCUT2D eigenvalue weighted by molar-refractivity contribution is 7.92. The van der Waals surface area contributed by atoms with E-state index in [1.54, 1.807) is 25.1 Å². The summed E-state index contributed by atoms with van der Waals surface area (Å²) in [4.78, 5) is 28.0. The summed E-state index contributed by atoms with van der Waals surface area (Å²) in [5, 5.41) is 2.92. The Labute approximate surface area is 213 Å². The van der Waals surface area contributed by atoms with Crippen LogP contribution in [0, 0.1) is 6.92 Å². The highest BCUT2D eigenvalue weighted by Gasteiger charge is 2.31. The predicted molar refractivity (Wildman–Crippen MR) is 139 cm³/mol. The first kappa shape index (κ1) is 27.3. The van der Waals surface area contributed by atoms with Crippen molar-refractivity contribution in [3.05, 3.63) is 53.6 Å². The standard InChI is InChI=1S/C26H35N3O6S/c1-6-19(3)27-26(31)20(4)28(16-21-9-7-8-18(2)14-21)25(30)17-29(36(5,32)33)22-10-11-23-24(15-22)35-13-12-34-23/h7-11,14-15,19-20H,6,12-13,16-17H2,1-5H3,(H,27,31)/t19-,20-/m0/s1. The molecule has 0 saturated heterocycles. The third-order valence-corrected chi connectivity index (χ3v) is 7.24. The third kappa shape index (κ3) is 6.90. The summed E-state index contributed by atoms with van der Waals surface area (Å²) in [6, 6.07) is 11.5. The van der Waals surface area contributed by atoms with E-state index in [0.717, 1.165) is 28.1 Å². The predicted octanol–water partition coefficient (Wildman–Crippen LogP) is 2.86. The Balaban J connectivity index is 1.91. The molecule has 0 saturated carbocycles. The molecule has 2 aromatic carbocycles. The maximum absolute atomic E-state index is 13.6. The van der Waals surface area contributed by atoms with Gasteiger partial charge in [-0.3, -0.25) is 13.9 Å². The van der Waals surface area contributed by atoms with Crippen LogP contribution in [0.2, 0.25) is 0 Å². The summed E-state index contributed by atoms with van der Waals surface area (Å²) in [7, 11) is -3.83. The molecule has 1 aliphatic rings. The van der Waals surface area contributed by atoms with E-state index < -0.39 is 28.5 Å². The van der Waals surface area contributed by atoms with Crippen molar-refractivity contribution in [3.63, 3.8) is 0 Å². The fourth-order valence-electron chi connectivity index (χ4n) is 3.86. The second-order valence-electron chi connectivity index (χ2n) is 9.10. The fourth-order valence-corrected chi connectivity index (χ4v) is 4.70. The Morgan fingerprint density at radius 2 is 1.75 bits per heavy atom. The van der Waals surface area contributed by atoms with E-state index in [1.807, 2.05) is 45.0 Å². The molecule has 196 valence electrons. The van der Waals surface area contributed by atoms with Crippen LogP contribution in [0.5, 0.6) is 11.5 Å². The molecule has 9 nitrogen and oxygen atoms in total. The van der Waals surface area contributed by atoms with Crippen LogP contribution in [-0.2, 0) is 26.2 Å². The number of ether oxygens (including phenoxy) is 2. The Morgan fingerprint density at radius 3 is 2.39 bits per heavy atom. The lowest BCUT2D eigenvalue weighted by molar-refractivity contribution is -0.139. The van der Waals surface area contributed by atoms with Crippen molar-refractivity contribution in [2.75, 3.05) is 30.3 Å². The van der Waals surface area contributed by atoms with Crippen LogP contribution in [-0.4, -0.2) is 63.2 Å². The quantitative estimate of drug-likeness (QED) is 0.520. The number of benzene rings is 2. The molecule has 0 unspecified atom stereocenters. The van der Waals surface area contributed by atoms with Gasteiger partial charge in [0.2, 0.25) is 21.8 Å².